The van der Waals surface area contributed by atoms with Crippen LogP contribution in [-0.2, 0) is 19.1 Å². The van der Waals surface area contributed by atoms with Gasteiger partial charge in [-0.15, -0.1) is 11.8 Å². The lowest BCUT2D eigenvalue weighted by Gasteiger charge is -2.31. The molecule has 142 valence electrons. The van der Waals surface area contributed by atoms with Crippen LogP contribution < -0.4 is 10.2 Å². The number of hydrogen-bond donors (Lipinski definition) is 2. The molecule has 1 aromatic carbocycles. The van der Waals surface area contributed by atoms with Crippen molar-refractivity contribution in [1.29, 1.82) is 0 Å². The Kier molecular flexibility index (Phi) is 7.40. The molecule has 1 aliphatic heterocycles. The van der Waals surface area contributed by atoms with Gasteiger partial charge in [0, 0.05) is 24.5 Å². The minimum atomic E-state index is -0.429. The second-order valence-corrected chi connectivity index (χ2v) is 7.40. The van der Waals surface area contributed by atoms with E-state index in [9.17, 15) is 18.8 Å². The van der Waals surface area contributed by atoms with Crippen molar-refractivity contribution in [1.82, 2.24) is 4.90 Å². The standard InChI is InChI=1S/C17H22FN3O4S/c1-20(10-15(22)19-13-5-3-4-12(18)8-13)11-16(23)21-6-7-26-14(9-21)17(24)25-2/h3-5,8,14H,6-7,9-11H2,1-2H3,(H,19,22)/p+1/t14-/m0/s1. The van der Waals surface area contributed by atoms with Gasteiger partial charge in [0.05, 0.1) is 14.2 Å². The van der Waals surface area contributed by atoms with Crippen molar-refractivity contribution in [3.05, 3.63) is 30.1 Å². The number of ether oxygens (including phenoxy) is 1. The minimum absolute atomic E-state index is 0.0747. The smallest absolute Gasteiger partial charge is 0.320 e. The van der Waals surface area contributed by atoms with E-state index in [2.05, 4.69) is 5.32 Å². The first kappa shape index (κ1) is 20.2. The number of benzene rings is 1. The number of carbonyl (C=O) groups is 3. The summed E-state index contributed by atoms with van der Waals surface area (Å²) in [7, 11) is 3.07. The molecule has 1 aromatic rings. The number of esters is 1. The average Bonchev–Trinajstić information content (AvgIpc) is 2.60. The molecule has 0 aliphatic carbocycles. The molecule has 1 saturated heterocycles. The summed E-state index contributed by atoms with van der Waals surface area (Å²) >= 11 is 1.48. The minimum Gasteiger partial charge on any atom is -0.468 e. The van der Waals surface area contributed by atoms with Crippen molar-refractivity contribution in [2.24, 2.45) is 0 Å². The third-order valence-electron chi connectivity index (χ3n) is 3.91. The van der Waals surface area contributed by atoms with Crippen molar-refractivity contribution in [3.8, 4) is 0 Å². The molecule has 2 rings (SSSR count). The van der Waals surface area contributed by atoms with E-state index in [0.29, 0.717) is 29.4 Å². The van der Waals surface area contributed by atoms with Crippen molar-refractivity contribution in [3.63, 3.8) is 0 Å². The van der Waals surface area contributed by atoms with Gasteiger partial charge in [0.25, 0.3) is 11.8 Å². The van der Waals surface area contributed by atoms with Gasteiger partial charge in [-0.2, -0.15) is 0 Å². The molecule has 9 heteroatoms. The molecule has 2 amide bonds. The fourth-order valence-electron chi connectivity index (χ4n) is 2.63. The lowest BCUT2D eigenvalue weighted by atomic mass is 10.3. The van der Waals surface area contributed by atoms with E-state index >= 15 is 0 Å². The molecule has 0 spiro atoms. The van der Waals surface area contributed by atoms with Gasteiger partial charge in [-0.25, -0.2) is 4.39 Å². The van der Waals surface area contributed by atoms with Crippen LogP contribution in [0.5, 0.6) is 0 Å². The van der Waals surface area contributed by atoms with Gasteiger partial charge in [-0.3, -0.25) is 14.4 Å². The molecule has 1 fully saturated rings. The Morgan fingerprint density at radius 1 is 1.38 bits per heavy atom. The predicted molar refractivity (Wildman–Crippen MR) is 96.5 cm³/mol. The number of halogens is 1. The Balaban J connectivity index is 1.81. The summed E-state index contributed by atoms with van der Waals surface area (Å²) in [5, 5.41) is 2.24. The number of nitrogens with one attached hydrogen (secondary N) is 2. The third kappa shape index (κ3) is 5.99. The second kappa shape index (κ2) is 9.54. The van der Waals surface area contributed by atoms with E-state index in [0.717, 1.165) is 0 Å². The van der Waals surface area contributed by atoms with Crippen LogP contribution in [0.25, 0.3) is 0 Å². The van der Waals surface area contributed by atoms with Crippen LogP contribution >= 0.6 is 11.8 Å². The molecule has 0 saturated carbocycles. The van der Waals surface area contributed by atoms with Crippen LogP contribution in [0.3, 0.4) is 0 Å². The highest BCUT2D eigenvalue weighted by Crippen LogP contribution is 2.19. The van der Waals surface area contributed by atoms with Crippen LogP contribution in [0.15, 0.2) is 24.3 Å². The molecular formula is C17H23FN3O4S+. The summed E-state index contributed by atoms with van der Waals surface area (Å²) in [6.07, 6.45) is 0. The molecule has 1 aliphatic rings. The maximum Gasteiger partial charge on any atom is 0.320 e. The van der Waals surface area contributed by atoms with Crippen molar-refractivity contribution in [2.75, 3.05) is 51.4 Å². The summed E-state index contributed by atoms with van der Waals surface area (Å²) in [6.45, 7) is 1.10. The highest BCUT2D eigenvalue weighted by Gasteiger charge is 2.30. The quantitative estimate of drug-likeness (QED) is 0.640. The number of thioether (sulfide) groups is 1. The van der Waals surface area contributed by atoms with Crippen LogP contribution in [0.2, 0.25) is 0 Å². The third-order valence-corrected chi connectivity index (χ3v) is 5.07. The number of rotatable bonds is 6. The first-order valence-electron chi connectivity index (χ1n) is 8.23. The van der Waals surface area contributed by atoms with Crippen LogP contribution in [-0.4, -0.2) is 74.0 Å². The zero-order valence-electron chi connectivity index (χ0n) is 14.8. The Morgan fingerprint density at radius 3 is 2.85 bits per heavy atom. The Bertz CT molecular complexity index is 673. The second-order valence-electron chi connectivity index (χ2n) is 6.09. The summed E-state index contributed by atoms with van der Waals surface area (Å²) in [4.78, 5) is 38.4. The first-order chi connectivity index (χ1) is 12.4. The van der Waals surface area contributed by atoms with Crippen LogP contribution in [0.4, 0.5) is 10.1 Å². The average molecular weight is 384 g/mol. The first-order valence-corrected chi connectivity index (χ1v) is 9.28. The van der Waals surface area contributed by atoms with Crippen LogP contribution in [0.1, 0.15) is 0 Å². The van der Waals surface area contributed by atoms with E-state index < -0.39 is 5.82 Å². The normalized spacial score (nSPS) is 18.1. The van der Waals surface area contributed by atoms with Gasteiger partial charge in [0.2, 0.25) is 0 Å². The highest BCUT2D eigenvalue weighted by molar-refractivity contribution is 8.00. The summed E-state index contributed by atoms with van der Waals surface area (Å²) < 4.78 is 17.9. The Morgan fingerprint density at radius 2 is 2.15 bits per heavy atom. The predicted octanol–water partition coefficient (Wildman–Crippen LogP) is -0.604. The fourth-order valence-corrected chi connectivity index (χ4v) is 3.76. The van der Waals surface area contributed by atoms with Crippen molar-refractivity contribution >= 4 is 35.2 Å². The zero-order valence-corrected chi connectivity index (χ0v) is 15.6. The van der Waals surface area contributed by atoms with Gasteiger partial charge in [-0.1, -0.05) is 6.07 Å². The molecular weight excluding hydrogens is 361 g/mol. The van der Waals surface area contributed by atoms with Crippen molar-refractivity contribution < 1.29 is 28.4 Å². The van der Waals surface area contributed by atoms with E-state index in [1.54, 1.807) is 18.0 Å². The molecule has 1 unspecified atom stereocenters. The van der Waals surface area contributed by atoms with E-state index in [1.807, 2.05) is 0 Å². The maximum absolute atomic E-state index is 13.1. The molecule has 7 nitrogen and oxygen atoms in total. The molecule has 1 heterocycles. The number of quaternary nitrogens is 1. The molecule has 26 heavy (non-hydrogen) atoms. The number of likely N-dealkylation sites (N-methyl/N-ethyl adjacent to an activating group) is 1. The number of hydrogen-bond acceptors (Lipinski definition) is 5. The van der Waals surface area contributed by atoms with E-state index in [1.165, 1.54) is 37.1 Å². The molecule has 2 atom stereocenters. The van der Waals surface area contributed by atoms with Crippen molar-refractivity contribution in [2.45, 2.75) is 5.25 Å². The highest BCUT2D eigenvalue weighted by atomic mass is 32.2. The van der Waals surface area contributed by atoms with Crippen LogP contribution in [0, 0.1) is 5.82 Å². The summed E-state index contributed by atoms with van der Waals surface area (Å²) in [5.41, 5.74) is 0.378. The van der Waals surface area contributed by atoms with Gasteiger partial charge >= 0.3 is 5.97 Å². The molecule has 0 bridgehead atoms. The van der Waals surface area contributed by atoms with E-state index in [4.69, 9.17) is 4.74 Å². The fraction of sp³-hybridized carbons (Fsp3) is 0.471. The number of methoxy groups -OCH3 is 1. The number of nitrogens with zero attached hydrogens (tertiary/aromatic N) is 1. The number of anilines is 1. The number of carbonyl (C=O) groups excluding carboxylic acids is 3. The van der Waals surface area contributed by atoms with Gasteiger partial charge in [0.1, 0.15) is 11.1 Å². The monoisotopic (exact) mass is 384 g/mol. The topological polar surface area (TPSA) is 80.2 Å². The zero-order chi connectivity index (χ0) is 19.1. The summed E-state index contributed by atoms with van der Waals surface area (Å²) in [5.74, 6) is -0.507. The Labute approximate surface area is 155 Å². The maximum atomic E-state index is 13.1. The molecule has 0 radical (unpaired) electrons. The molecule has 2 N–H and O–H groups in total. The largest absolute Gasteiger partial charge is 0.468 e. The van der Waals surface area contributed by atoms with Gasteiger partial charge in [-0.05, 0) is 18.2 Å². The molecule has 0 aromatic heterocycles. The van der Waals surface area contributed by atoms with Gasteiger partial charge < -0.3 is 19.9 Å². The number of amides is 2. The van der Waals surface area contributed by atoms with Gasteiger partial charge in [0.15, 0.2) is 13.1 Å². The SMILES string of the molecule is COC(=O)[C@@H]1CN(C(=O)C[NH+](C)CC(=O)Nc2cccc(F)c2)CCS1. The lowest BCUT2D eigenvalue weighted by Crippen LogP contribution is -3.11. The Hall–Kier alpha value is -2.13. The summed E-state index contributed by atoms with van der Waals surface area (Å²) in [6, 6.07) is 5.64. The van der Waals surface area contributed by atoms with E-state index in [-0.39, 0.29) is 36.1 Å². The lowest BCUT2D eigenvalue weighted by molar-refractivity contribution is -0.862.